The van der Waals surface area contributed by atoms with Crippen molar-refractivity contribution in [3.05, 3.63) is 46.9 Å². The van der Waals surface area contributed by atoms with Crippen LogP contribution in [0, 0.1) is 13.8 Å². The van der Waals surface area contributed by atoms with E-state index in [4.69, 9.17) is 21.5 Å². The second-order valence-electron chi connectivity index (χ2n) is 9.07. The summed E-state index contributed by atoms with van der Waals surface area (Å²) in [5.41, 5.74) is 16.2. The fraction of sp³-hybridized carbons (Fsp3) is 0.478. The molecule has 5 rings (SSSR count). The predicted octanol–water partition coefficient (Wildman–Crippen LogP) is 2.23. The van der Waals surface area contributed by atoms with E-state index in [2.05, 4.69) is 16.8 Å². The SMILES string of the molecule is Cc1cnc(N)c(C(=O)N2CCCCC2c2cc3nc(N4CC[C@H](N)C4)c(C)cn3n2)c1. The Balaban J connectivity index is 1.48. The van der Waals surface area contributed by atoms with Gasteiger partial charge in [-0.2, -0.15) is 5.10 Å². The fourth-order valence-corrected chi connectivity index (χ4v) is 4.87. The first-order chi connectivity index (χ1) is 15.4. The van der Waals surface area contributed by atoms with Crippen LogP contribution in [0.5, 0.6) is 0 Å². The number of anilines is 2. The van der Waals surface area contributed by atoms with E-state index in [1.807, 2.05) is 34.7 Å². The lowest BCUT2D eigenvalue weighted by Gasteiger charge is -2.35. The molecule has 1 unspecified atom stereocenters. The molecule has 9 nitrogen and oxygen atoms in total. The lowest BCUT2D eigenvalue weighted by atomic mass is 9.98. The normalized spacial score (nSPS) is 21.5. The molecule has 1 amide bonds. The zero-order valence-electron chi connectivity index (χ0n) is 18.7. The summed E-state index contributed by atoms with van der Waals surface area (Å²) in [5, 5.41) is 4.82. The number of pyridine rings is 1. The van der Waals surface area contributed by atoms with Crippen LogP contribution in [0.1, 0.15) is 58.9 Å². The van der Waals surface area contributed by atoms with E-state index in [1.54, 1.807) is 6.20 Å². The van der Waals surface area contributed by atoms with Crippen LogP contribution in [0.4, 0.5) is 11.6 Å². The maximum Gasteiger partial charge on any atom is 0.258 e. The van der Waals surface area contributed by atoms with Crippen molar-refractivity contribution in [3.63, 3.8) is 0 Å². The topological polar surface area (TPSA) is 119 Å². The molecule has 9 heteroatoms. The van der Waals surface area contributed by atoms with E-state index < -0.39 is 0 Å². The molecule has 2 fully saturated rings. The third-order valence-corrected chi connectivity index (χ3v) is 6.54. The molecule has 2 saturated heterocycles. The van der Waals surface area contributed by atoms with Crippen molar-refractivity contribution in [2.24, 2.45) is 5.73 Å². The first-order valence-corrected chi connectivity index (χ1v) is 11.3. The van der Waals surface area contributed by atoms with E-state index in [1.165, 1.54) is 0 Å². The summed E-state index contributed by atoms with van der Waals surface area (Å²) in [5.74, 6) is 1.15. The molecule has 0 spiro atoms. The Hall–Kier alpha value is -3.20. The monoisotopic (exact) mass is 434 g/mol. The zero-order chi connectivity index (χ0) is 22.4. The van der Waals surface area contributed by atoms with Gasteiger partial charge in [-0.1, -0.05) is 0 Å². The third kappa shape index (κ3) is 3.66. The fourth-order valence-electron chi connectivity index (χ4n) is 4.87. The molecule has 0 aromatic carbocycles. The largest absolute Gasteiger partial charge is 0.383 e. The van der Waals surface area contributed by atoms with Gasteiger partial charge in [0.05, 0.1) is 17.3 Å². The highest BCUT2D eigenvalue weighted by Gasteiger charge is 2.32. The molecule has 0 radical (unpaired) electrons. The number of carbonyl (C=O) groups is 1. The number of piperidine rings is 1. The van der Waals surface area contributed by atoms with E-state index in [0.29, 0.717) is 12.1 Å². The predicted molar refractivity (Wildman–Crippen MR) is 124 cm³/mol. The number of nitrogen functional groups attached to an aromatic ring is 1. The minimum absolute atomic E-state index is 0.0867. The number of likely N-dealkylation sites (tertiary alicyclic amines) is 1. The molecule has 168 valence electrons. The van der Waals surface area contributed by atoms with E-state index in [0.717, 1.165) is 67.1 Å². The molecule has 2 aliphatic rings. The summed E-state index contributed by atoms with van der Waals surface area (Å²) >= 11 is 0. The highest BCUT2D eigenvalue weighted by Crippen LogP contribution is 2.33. The van der Waals surface area contributed by atoms with Crippen molar-refractivity contribution in [2.45, 2.75) is 51.6 Å². The molecule has 0 saturated carbocycles. The van der Waals surface area contributed by atoms with Crippen molar-refractivity contribution < 1.29 is 4.79 Å². The van der Waals surface area contributed by atoms with E-state index in [9.17, 15) is 4.79 Å². The first-order valence-electron chi connectivity index (χ1n) is 11.3. The second-order valence-corrected chi connectivity index (χ2v) is 9.07. The van der Waals surface area contributed by atoms with Gasteiger partial charge < -0.3 is 21.3 Å². The Labute approximate surface area is 187 Å². The number of nitrogens with two attached hydrogens (primary N) is 2. The zero-order valence-corrected chi connectivity index (χ0v) is 18.7. The van der Waals surface area contributed by atoms with Crippen LogP contribution in [-0.4, -0.2) is 56.1 Å². The third-order valence-electron chi connectivity index (χ3n) is 6.54. The Kier molecular flexibility index (Phi) is 5.21. The van der Waals surface area contributed by atoms with Crippen molar-refractivity contribution in [3.8, 4) is 0 Å². The molecular formula is C23H30N8O. The molecule has 0 aliphatic carbocycles. The number of hydrogen-bond acceptors (Lipinski definition) is 7. The van der Waals surface area contributed by atoms with Crippen LogP contribution in [0.2, 0.25) is 0 Å². The molecule has 2 aliphatic heterocycles. The maximum absolute atomic E-state index is 13.4. The maximum atomic E-state index is 13.4. The number of nitrogens with zero attached hydrogens (tertiary/aromatic N) is 6. The van der Waals surface area contributed by atoms with Crippen molar-refractivity contribution >= 4 is 23.2 Å². The Bertz CT molecular complexity index is 1170. The van der Waals surface area contributed by atoms with Crippen molar-refractivity contribution in [2.75, 3.05) is 30.3 Å². The smallest absolute Gasteiger partial charge is 0.258 e. The average Bonchev–Trinajstić information content (AvgIpc) is 3.40. The Morgan fingerprint density at radius 1 is 1.16 bits per heavy atom. The Morgan fingerprint density at radius 2 is 2.00 bits per heavy atom. The minimum atomic E-state index is -0.109. The van der Waals surface area contributed by atoms with Gasteiger partial charge in [-0.15, -0.1) is 0 Å². The lowest BCUT2D eigenvalue weighted by Crippen LogP contribution is -2.39. The van der Waals surface area contributed by atoms with Gasteiger partial charge in [0, 0.05) is 49.7 Å². The molecule has 32 heavy (non-hydrogen) atoms. The molecule has 0 bridgehead atoms. The number of carbonyl (C=O) groups excluding carboxylic acids is 1. The Morgan fingerprint density at radius 3 is 2.78 bits per heavy atom. The summed E-state index contributed by atoms with van der Waals surface area (Å²) < 4.78 is 1.82. The summed E-state index contributed by atoms with van der Waals surface area (Å²) in [4.78, 5) is 26.6. The van der Waals surface area contributed by atoms with Gasteiger partial charge in [0.2, 0.25) is 0 Å². The van der Waals surface area contributed by atoms with Crippen molar-refractivity contribution in [1.29, 1.82) is 0 Å². The number of aromatic nitrogens is 4. The van der Waals surface area contributed by atoms with Crippen LogP contribution < -0.4 is 16.4 Å². The second kappa shape index (κ2) is 8.05. The molecule has 2 atom stereocenters. The summed E-state index contributed by atoms with van der Waals surface area (Å²) in [6, 6.07) is 3.91. The highest BCUT2D eigenvalue weighted by atomic mass is 16.2. The van der Waals surface area contributed by atoms with Gasteiger partial charge in [0.1, 0.15) is 11.6 Å². The molecule has 4 N–H and O–H groups in total. The number of hydrogen-bond donors (Lipinski definition) is 2. The molecular weight excluding hydrogens is 404 g/mol. The van der Waals surface area contributed by atoms with Gasteiger partial charge in [-0.3, -0.25) is 4.79 Å². The quantitative estimate of drug-likeness (QED) is 0.649. The van der Waals surface area contributed by atoms with Gasteiger partial charge in [-0.05, 0) is 51.2 Å². The number of amides is 1. The van der Waals surface area contributed by atoms with Crippen LogP contribution in [-0.2, 0) is 0 Å². The molecule has 3 aromatic rings. The number of aryl methyl sites for hydroxylation is 2. The molecule has 3 aromatic heterocycles. The summed E-state index contributed by atoms with van der Waals surface area (Å²) in [7, 11) is 0. The van der Waals surface area contributed by atoms with Gasteiger partial charge >= 0.3 is 0 Å². The van der Waals surface area contributed by atoms with Gasteiger partial charge in [0.25, 0.3) is 5.91 Å². The minimum Gasteiger partial charge on any atom is -0.383 e. The van der Waals surface area contributed by atoms with Gasteiger partial charge in [0.15, 0.2) is 5.65 Å². The summed E-state index contributed by atoms with van der Waals surface area (Å²) in [6.07, 6.45) is 7.55. The van der Waals surface area contributed by atoms with Crippen LogP contribution in [0.3, 0.4) is 0 Å². The van der Waals surface area contributed by atoms with Crippen LogP contribution in [0.15, 0.2) is 24.5 Å². The lowest BCUT2D eigenvalue weighted by molar-refractivity contribution is 0.0606. The van der Waals surface area contributed by atoms with Gasteiger partial charge in [-0.25, -0.2) is 14.5 Å². The number of fused-ring (bicyclic) bond motifs is 1. The molecule has 5 heterocycles. The first kappa shape index (κ1) is 20.7. The van der Waals surface area contributed by atoms with Crippen LogP contribution >= 0.6 is 0 Å². The standard InChI is InChI=1S/C23H30N8O/c1-14-9-17(21(25)26-11-14)23(32)30-7-4-3-5-19(30)18-10-20-27-22(15(2)12-31(20)28-18)29-8-6-16(24)13-29/h9-12,16,19H,3-8,13,24H2,1-2H3,(H2,25,26)/t16-,19?/m0/s1. The van der Waals surface area contributed by atoms with Crippen molar-refractivity contribution in [1.82, 2.24) is 24.5 Å². The summed E-state index contributed by atoms with van der Waals surface area (Å²) in [6.45, 7) is 6.38. The van der Waals surface area contributed by atoms with E-state index in [-0.39, 0.29) is 23.8 Å². The van der Waals surface area contributed by atoms with Crippen LogP contribution in [0.25, 0.3) is 5.65 Å². The number of rotatable bonds is 3. The average molecular weight is 435 g/mol. The highest BCUT2D eigenvalue weighted by molar-refractivity contribution is 5.98. The van der Waals surface area contributed by atoms with E-state index >= 15 is 0 Å².